The fourth-order valence-electron chi connectivity index (χ4n) is 0.594. The second-order valence-corrected chi connectivity index (χ2v) is 1.80. The molecule has 0 radical (unpaired) electrons. The third-order valence-electron chi connectivity index (χ3n) is 1.04. The summed E-state index contributed by atoms with van der Waals surface area (Å²) in [5.74, 6) is -0.670. The highest BCUT2D eigenvalue weighted by atomic mass is 16.1. The molecule has 0 aliphatic carbocycles. The van der Waals surface area contributed by atoms with Gasteiger partial charge >= 0.3 is 5.91 Å². The lowest BCUT2D eigenvalue weighted by Crippen LogP contribution is -2.07. The van der Waals surface area contributed by atoms with Crippen molar-refractivity contribution in [2.75, 3.05) is 5.32 Å². The number of aromatic nitrogens is 1. The van der Waals surface area contributed by atoms with Gasteiger partial charge in [0.2, 0.25) is 0 Å². The molecule has 1 aromatic heterocycles. The van der Waals surface area contributed by atoms with Gasteiger partial charge in [-0.15, -0.1) is 0 Å². The Morgan fingerprint density at radius 1 is 1.55 bits per heavy atom. The van der Waals surface area contributed by atoms with Crippen molar-refractivity contribution in [2.24, 2.45) is 0 Å². The largest absolute Gasteiger partial charge is 0.326 e. The first kappa shape index (κ1) is 7.22. The van der Waals surface area contributed by atoms with Crippen LogP contribution in [0.3, 0.4) is 0 Å². The van der Waals surface area contributed by atoms with E-state index in [0.717, 1.165) is 0 Å². The molecular formula is C7H5N3O. The Hall–Kier alpha value is -1.89. The molecule has 11 heavy (non-hydrogen) atoms. The molecule has 1 rings (SSSR count). The van der Waals surface area contributed by atoms with Crippen LogP contribution >= 0.6 is 0 Å². The summed E-state index contributed by atoms with van der Waals surface area (Å²) in [5.41, 5.74) is 0.576. The normalized spacial score (nSPS) is 8.27. The molecule has 1 aromatic rings. The number of rotatable bonds is 1. The molecule has 0 atom stereocenters. The third kappa shape index (κ3) is 2.06. The highest BCUT2D eigenvalue weighted by molar-refractivity contribution is 6.02. The van der Waals surface area contributed by atoms with Crippen LogP contribution in [-0.2, 0) is 4.79 Å². The Kier molecular flexibility index (Phi) is 2.18. The molecule has 1 N–H and O–H groups in total. The summed E-state index contributed by atoms with van der Waals surface area (Å²) in [5, 5.41) is 10.5. The Labute approximate surface area is 63.5 Å². The summed E-state index contributed by atoms with van der Waals surface area (Å²) in [7, 11) is 0. The number of nitrogens with zero attached hydrogens (tertiary/aromatic N) is 2. The molecule has 0 aliphatic rings. The van der Waals surface area contributed by atoms with E-state index < -0.39 is 5.91 Å². The lowest BCUT2D eigenvalue weighted by molar-refractivity contribution is -0.111. The van der Waals surface area contributed by atoms with Crippen LogP contribution in [0.15, 0.2) is 24.5 Å². The molecule has 0 aliphatic heterocycles. The van der Waals surface area contributed by atoms with Crippen LogP contribution < -0.4 is 5.32 Å². The van der Waals surface area contributed by atoms with Crippen LogP contribution in [-0.4, -0.2) is 10.9 Å². The molecule has 0 aromatic carbocycles. The van der Waals surface area contributed by atoms with Crippen LogP contribution in [0.5, 0.6) is 0 Å². The van der Waals surface area contributed by atoms with E-state index in [1.807, 2.05) is 0 Å². The van der Waals surface area contributed by atoms with Gasteiger partial charge in [0.1, 0.15) is 0 Å². The van der Waals surface area contributed by atoms with Crippen LogP contribution in [0.2, 0.25) is 0 Å². The van der Waals surface area contributed by atoms with Gasteiger partial charge in [-0.2, -0.15) is 5.26 Å². The van der Waals surface area contributed by atoms with E-state index in [1.54, 1.807) is 12.1 Å². The third-order valence-corrected chi connectivity index (χ3v) is 1.04. The molecule has 0 unspecified atom stereocenters. The van der Waals surface area contributed by atoms with Crippen molar-refractivity contribution >= 4 is 11.6 Å². The monoisotopic (exact) mass is 147 g/mol. The van der Waals surface area contributed by atoms with E-state index in [9.17, 15) is 4.79 Å². The number of hydrogen-bond acceptors (Lipinski definition) is 3. The van der Waals surface area contributed by atoms with Gasteiger partial charge in [-0.25, -0.2) is 0 Å². The van der Waals surface area contributed by atoms with E-state index in [4.69, 9.17) is 5.26 Å². The van der Waals surface area contributed by atoms with Crippen LogP contribution in [0, 0.1) is 11.3 Å². The van der Waals surface area contributed by atoms with Gasteiger partial charge in [0, 0.05) is 18.1 Å². The minimum atomic E-state index is -0.670. The van der Waals surface area contributed by atoms with Gasteiger partial charge in [0.15, 0.2) is 6.07 Å². The van der Waals surface area contributed by atoms with E-state index in [1.165, 1.54) is 18.5 Å². The zero-order valence-electron chi connectivity index (χ0n) is 5.61. The van der Waals surface area contributed by atoms with Crippen LogP contribution in [0.25, 0.3) is 0 Å². The summed E-state index contributed by atoms with van der Waals surface area (Å²) in [6.07, 6.45) is 3.07. The predicted molar refractivity (Wildman–Crippen MR) is 38.5 cm³/mol. The molecule has 4 heteroatoms. The molecule has 1 amide bonds. The standard InChI is InChI=1S/C7H5N3O/c8-5-7(11)10-6-1-3-9-4-2-6/h1-4H,(H,9,10,11). The van der Waals surface area contributed by atoms with Crippen LogP contribution in [0.1, 0.15) is 0 Å². The second kappa shape index (κ2) is 3.32. The lowest BCUT2D eigenvalue weighted by atomic mass is 10.4. The predicted octanol–water partition coefficient (Wildman–Crippen LogP) is 0.544. The maximum atomic E-state index is 10.5. The molecule has 0 saturated heterocycles. The second-order valence-electron chi connectivity index (χ2n) is 1.80. The maximum Gasteiger partial charge on any atom is 0.326 e. The van der Waals surface area contributed by atoms with Gasteiger partial charge in [0.25, 0.3) is 0 Å². The smallest absolute Gasteiger partial charge is 0.313 e. The number of carbonyl (C=O) groups is 1. The Morgan fingerprint density at radius 3 is 2.73 bits per heavy atom. The van der Waals surface area contributed by atoms with E-state index >= 15 is 0 Å². The van der Waals surface area contributed by atoms with Crippen molar-refractivity contribution in [3.63, 3.8) is 0 Å². The minimum Gasteiger partial charge on any atom is -0.313 e. The average molecular weight is 147 g/mol. The van der Waals surface area contributed by atoms with Crippen molar-refractivity contribution in [1.82, 2.24) is 4.98 Å². The number of nitriles is 1. The van der Waals surface area contributed by atoms with Crippen molar-refractivity contribution in [2.45, 2.75) is 0 Å². The molecule has 54 valence electrons. The summed E-state index contributed by atoms with van der Waals surface area (Å²) in [4.78, 5) is 14.2. The van der Waals surface area contributed by atoms with E-state index in [2.05, 4.69) is 10.3 Å². The van der Waals surface area contributed by atoms with Gasteiger partial charge in [-0.3, -0.25) is 9.78 Å². The Balaban J connectivity index is 2.67. The van der Waals surface area contributed by atoms with Crippen molar-refractivity contribution in [3.05, 3.63) is 24.5 Å². The molecule has 0 saturated carbocycles. The number of pyridine rings is 1. The molecule has 0 bridgehead atoms. The molecule has 1 heterocycles. The fourth-order valence-corrected chi connectivity index (χ4v) is 0.594. The quantitative estimate of drug-likeness (QED) is 0.589. The van der Waals surface area contributed by atoms with Crippen LogP contribution in [0.4, 0.5) is 5.69 Å². The summed E-state index contributed by atoms with van der Waals surface area (Å²) in [6.45, 7) is 0. The average Bonchev–Trinajstić information content (AvgIpc) is 2.06. The van der Waals surface area contributed by atoms with E-state index in [0.29, 0.717) is 5.69 Å². The molecule has 0 spiro atoms. The SMILES string of the molecule is N#CC(=O)Nc1ccncc1. The highest BCUT2D eigenvalue weighted by Gasteiger charge is 1.96. The first-order valence-electron chi connectivity index (χ1n) is 2.94. The molecular weight excluding hydrogens is 142 g/mol. The minimum absolute atomic E-state index is 0.576. The zero-order chi connectivity index (χ0) is 8.10. The number of hydrogen-bond donors (Lipinski definition) is 1. The summed E-state index contributed by atoms with van der Waals surface area (Å²) < 4.78 is 0. The highest BCUT2D eigenvalue weighted by Crippen LogP contribution is 2.01. The fraction of sp³-hybridized carbons (Fsp3) is 0. The van der Waals surface area contributed by atoms with Crippen molar-refractivity contribution < 1.29 is 4.79 Å². The number of amides is 1. The van der Waals surface area contributed by atoms with Gasteiger partial charge < -0.3 is 5.32 Å². The Bertz CT molecular complexity index is 288. The molecule has 0 fully saturated rings. The summed E-state index contributed by atoms with van der Waals surface area (Å²) >= 11 is 0. The van der Waals surface area contributed by atoms with Gasteiger partial charge in [0.05, 0.1) is 0 Å². The first-order chi connectivity index (χ1) is 5.33. The van der Waals surface area contributed by atoms with Gasteiger partial charge in [-0.1, -0.05) is 0 Å². The molecule has 4 nitrogen and oxygen atoms in total. The lowest BCUT2D eigenvalue weighted by Gasteiger charge is -1.96. The zero-order valence-corrected chi connectivity index (χ0v) is 5.61. The Morgan fingerprint density at radius 2 is 2.18 bits per heavy atom. The first-order valence-corrected chi connectivity index (χ1v) is 2.94. The topological polar surface area (TPSA) is 65.8 Å². The number of nitrogens with one attached hydrogen (secondary N) is 1. The summed E-state index contributed by atoms with van der Waals surface area (Å²) in [6, 6.07) is 4.66. The number of carbonyl (C=O) groups excluding carboxylic acids is 1. The van der Waals surface area contributed by atoms with Crippen molar-refractivity contribution in [3.8, 4) is 6.07 Å². The van der Waals surface area contributed by atoms with E-state index in [-0.39, 0.29) is 0 Å². The number of anilines is 1. The van der Waals surface area contributed by atoms with Crippen molar-refractivity contribution in [1.29, 1.82) is 5.26 Å². The maximum absolute atomic E-state index is 10.5. The van der Waals surface area contributed by atoms with Gasteiger partial charge in [-0.05, 0) is 12.1 Å².